The van der Waals surface area contributed by atoms with E-state index >= 15 is 0 Å². The number of carbonyl (C=O) groups excluding carboxylic acids is 2. The van der Waals surface area contributed by atoms with Crippen molar-refractivity contribution in [1.29, 1.82) is 0 Å². The van der Waals surface area contributed by atoms with Crippen molar-refractivity contribution in [3.8, 4) is 0 Å². The van der Waals surface area contributed by atoms with Crippen LogP contribution in [-0.4, -0.2) is 34.9 Å². The van der Waals surface area contributed by atoms with Gasteiger partial charge in [0.2, 0.25) is 5.89 Å². The maximum absolute atomic E-state index is 12.4. The molecule has 3 rings (SSSR count). The van der Waals surface area contributed by atoms with Crippen molar-refractivity contribution in [3.63, 3.8) is 0 Å². The van der Waals surface area contributed by atoms with Crippen molar-refractivity contribution in [1.82, 2.24) is 15.2 Å². The van der Waals surface area contributed by atoms with Crippen molar-refractivity contribution >= 4 is 29.2 Å². The van der Waals surface area contributed by atoms with Gasteiger partial charge in [-0.2, -0.15) is 0 Å². The zero-order chi connectivity index (χ0) is 18.7. The van der Waals surface area contributed by atoms with Gasteiger partial charge in [-0.25, -0.2) is 9.78 Å². The Balaban J connectivity index is 1.58. The topological polar surface area (TPSA) is 87.5 Å². The van der Waals surface area contributed by atoms with Crippen LogP contribution in [0.4, 0.5) is 10.5 Å². The van der Waals surface area contributed by atoms with Crippen LogP contribution in [0.2, 0.25) is 5.02 Å². The molecule has 3 amide bonds. The maximum Gasteiger partial charge on any atom is 0.319 e. The molecule has 2 heterocycles. The van der Waals surface area contributed by atoms with Gasteiger partial charge in [0.15, 0.2) is 5.69 Å². The van der Waals surface area contributed by atoms with Gasteiger partial charge in [0.25, 0.3) is 5.91 Å². The molecular formula is C18H21ClN4O3. The lowest BCUT2D eigenvalue weighted by Gasteiger charge is -2.13. The van der Waals surface area contributed by atoms with Crippen LogP contribution in [0.3, 0.4) is 0 Å². The molecule has 0 saturated carbocycles. The van der Waals surface area contributed by atoms with E-state index in [0.29, 0.717) is 28.1 Å². The fourth-order valence-electron chi connectivity index (χ4n) is 2.89. The van der Waals surface area contributed by atoms with Crippen molar-refractivity contribution in [3.05, 3.63) is 46.1 Å². The summed E-state index contributed by atoms with van der Waals surface area (Å²) in [6.45, 7) is 5.15. The van der Waals surface area contributed by atoms with Gasteiger partial charge in [0.05, 0.1) is 6.54 Å². The lowest BCUT2D eigenvalue weighted by molar-refractivity contribution is 0.0786. The van der Waals surface area contributed by atoms with Crippen molar-refractivity contribution < 1.29 is 14.0 Å². The van der Waals surface area contributed by atoms with Crippen molar-refractivity contribution in [2.75, 3.05) is 18.4 Å². The summed E-state index contributed by atoms with van der Waals surface area (Å²) in [5.41, 5.74) is 1.84. The quantitative estimate of drug-likeness (QED) is 0.854. The van der Waals surface area contributed by atoms with Crippen LogP contribution >= 0.6 is 11.6 Å². The molecule has 1 aliphatic rings. The fraction of sp³-hybridized carbons (Fsp3) is 0.389. The molecule has 2 N–H and O–H groups in total. The molecule has 0 unspecified atom stereocenters. The number of amides is 3. The number of rotatable bonds is 4. The first kappa shape index (κ1) is 18.3. The molecule has 1 fully saturated rings. The molecule has 1 aromatic carbocycles. The minimum atomic E-state index is -0.390. The number of hydrogen-bond donors (Lipinski definition) is 2. The van der Waals surface area contributed by atoms with Gasteiger partial charge in [-0.3, -0.25) is 4.79 Å². The Hall–Kier alpha value is -2.54. The number of anilines is 1. The van der Waals surface area contributed by atoms with Gasteiger partial charge in [-0.15, -0.1) is 0 Å². The second-order valence-electron chi connectivity index (χ2n) is 6.28. The molecule has 0 aliphatic carbocycles. The van der Waals surface area contributed by atoms with Gasteiger partial charge in [-0.1, -0.05) is 11.6 Å². The summed E-state index contributed by atoms with van der Waals surface area (Å²) in [5, 5.41) is 6.03. The number of aromatic nitrogens is 1. The highest BCUT2D eigenvalue weighted by molar-refractivity contribution is 6.30. The Kier molecular flexibility index (Phi) is 5.46. The molecule has 26 heavy (non-hydrogen) atoms. The molecule has 8 heteroatoms. The third kappa shape index (κ3) is 4.16. The second-order valence-corrected chi connectivity index (χ2v) is 6.72. The minimum absolute atomic E-state index is 0.0899. The number of hydrogen-bond acceptors (Lipinski definition) is 4. The summed E-state index contributed by atoms with van der Waals surface area (Å²) in [6.07, 6.45) is 2.03. The zero-order valence-electron chi connectivity index (χ0n) is 14.8. The summed E-state index contributed by atoms with van der Waals surface area (Å²) in [4.78, 5) is 30.5. The number of aryl methyl sites for hydroxylation is 2. The van der Waals surface area contributed by atoms with Gasteiger partial charge in [-0.05, 0) is 50.5 Å². The summed E-state index contributed by atoms with van der Waals surface area (Å²) in [7, 11) is 0. The molecule has 7 nitrogen and oxygen atoms in total. The van der Waals surface area contributed by atoms with E-state index in [1.165, 1.54) is 0 Å². The fourth-order valence-corrected chi connectivity index (χ4v) is 3.11. The van der Waals surface area contributed by atoms with E-state index < -0.39 is 6.03 Å². The van der Waals surface area contributed by atoms with E-state index in [1.807, 2.05) is 6.92 Å². The highest BCUT2D eigenvalue weighted by atomic mass is 35.5. The number of nitrogens with one attached hydrogen (secondary N) is 2. The SMILES string of the molecule is Cc1cc(Cl)ccc1NC(=O)NCc1nc(C(=O)N2CCCC2)c(C)o1. The number of carbonyl (C=O) groups is 2. The Morgan fingerprint density at radius 2 is 2.00 bits per heavy atom. The lowest BCUT2D eigenvalue weighted by atomic mass is 10.2. The Morgan fingerprint density at radius 3 is 2.69 bits per heavy atom. The summed E-state index contributed by atoms with van der Waals surface area (Å²) in [5.74, 6) is 0.650. The van der Waals surface area contributed by atoms with Gasteiger partial charge in [0, 0.05) is 23.8 Å². The normalized spacial score (nSPS) is 13.7. The predicted molar refractivity (Wildman–Crippen MR) is 98.4 cm³/mol. The first-order valence-electron chi connectivity index (χ1n) is 8.50. The summed E-state index contributed by atoms with van der Waals surface area (Å²) in [6, 6.07) is 4.82. The molecule has 0 spiro atoms. The smallest absolute Gasteiger partial charge is 0.319 e. The largest absolute Gasteiger partial charge is 0.443 e. The van der Waals surface area contributed by atoms with E-state index in [0.717, 1.165) is 31.5 Å². The molecular weight excluding hydrogens is 356 g/mol. The van der Waals surface area contributed by atoms with Crippen LogP contribution in [-0.2, 0) is 6.54 Å². The first-order valence-corrected chi connectivity index (χ1v) is 8.88. The van der Waals surface area contributed by atoms with Crippen molar-refractivity contribution in [2.24, 2.45) is 0 Å². The van der Waals surface area contributed by atoms with Crippen LogP contribution in [0.1, 0.15) is 40.5 Å². The Labute approximate surface area is 156 Å². The molecule has 138 valence electrons. The molecule has 0 bridgehead atoms. The monoisotopic (exact) mass is 376 g/mol. The van der Waals surface area contributed by atoms with E-state index in [9.17, 15) is 9.59 Å². The Bertz CT molecular complexity index is 828. The summed E-state index contributed by atoms with van der Waals surface area (Å²) >= 11 is 5.90. The van der Waals surface area contributed by atoms with E-state index in [-0.39, 0.29) is 12.5 Å². The number of halogens is 1. The number of likely N-dealkylation sites (tertiary alicyclic amines) is 1. The van der Waals surface area contributed by atoms with Crippen LogP contribution in [0.25, 0.3) is 0 Å². The highest BCUT2D eigenvalue weighted by Gasteiger charge is 2.25. The van der Waals surface area contributed by atoms with Gasteiger partial charge < -0.3 is 20.0 Å². The standard InChI is InChI=1S/C18H21ClN4O3/c1-11-9-13(19)5-6-14(11)21-18(25)20-10-15-22-16(12(2)26-15)17(24)23-7-3-4-8-23/h5-6,9H,3-4,7-8,10H2,1-2H3,(H2,20,21,25). The maximum atomic E-state index is 12.4. The predicted octanol–water partition coefficient (Wildman–Crippen LogP) is 3.50. The van der Waals surface area contributed by atoms with Gasteiger partial charge >= 0.3 is 6.03 Å². The van der Waals surface area contributed by atoms with E-state index in [1.54, 1.807) is 30.0 Å². The van der Waals surface area contributed by atoms with Crippen LogP contribution < -0.4 is 10.6 Å². The average molecular weight is 377 g/mol. The third-order valence-corrected chi connectivity index (χ3v) is 4.51. The number of nitrogens with zero attached hydrogens (tertiary/aromatic N) is 2. The van der Waals surface area contributed by atoms with Crippen LogP contribution in [0.5, 0.6) is 0 Å². The van der Waals surface area contributed by atoms with E-state index in [4.69, 9.17) is 16.0 Å². The second kappa shape index (κ2) is 7.78. The van der Waals surface area contributed by atoms with E-state index in [2.05, 4.69) is 15.6 Å². The minimum Gasteiger partial charge on any atom is -0.443 e. The Morgan fingerprint density at radius 1 is 1.27 bits per heavy atom. The average Bonchev–Trinajstić information content (AvgIpc) is 3.25. The van der Waals surface area contributed by atoms with Gasteiger partial charge in [0.1, 0.15) is 5.76 Å². The molecule has 1 aromatic heterocycles. The number of oxazole rings is 1. The zero-order valence-corrected chi connectivity index (χ0v) is 15.5. The molecule has 0 atom stereocenters. The number of benzene rings is 1. The molecule has 0 radical (unpaired) electrons. The number of urea groups is 1. The van der Waals surface area contributed by atoms with Crippen LogP contribution in [0.15, 0.2) is 22.6 Å². The third-order valence-electron chi connectivity index (χ3n) is 4.27. The van der Waals surface area contributed by atoms with Crippen molar-refractivity contribution in [2.45, 2.75) is 33.2 Å². The van der Waals surface area contributed by atoms with Crippen LogP contribution in [0, 0.1) is 13.8 Å². The summed E-state index contributed by atoms with van der Waals surface area (Å²) < 4.78 is 5.52. The molecule has 1 saturated heterocycles. The molecule has 1 aliphatic heterocycles. The highest BCUT2D eigenvalue weighted by Crippen LogP contribution is 2.20. The lowest BCUT2D eigenvalue weighted by Crippen LogP contribution is -2.29. The first-order chi connectivity index (χ1) is 12.4. The molecule has 2 aromatic rings.